The maximum absolute atomic E-state index is 8.73. The summed E-state index contributed by atoms with van der Waals surface area (Å²) in [5, 5.41) is 8.73. The summed E-state index contributed by atoms with van der Waals surface area (Å²) in [6, 6.07) is 0. The lowest BCUT2D eigenvalue weighted by atomic mass is 10.3. The fourth-order valence-electron chi connectivity index (χ4n) is 0.621. The summed E-state index contributed by atoms with van der Waals surface area (Å²) in [6.07, 6.45) is 1.42. The normalized spacial score (nSPS) is 9.90. The number of hydrogen-bond donors (Lipinski definition) is 1. The molecule has 0 saturated heterocycles. The van der Waals surface area contributed by atoms with E-state index in [1.165, 1.54) is 6.33 Å². The Labute approximate surface area is 67.3 Å². The van der Waals surface area contributed by atoms with Crippen LogP contribution in [0.25, 0.3) is 0 Å². The fourth-order valence-corrected chi connectivity index (χ4v) is 0.942. The molecule has 0 amide bonds. The van der Waals surface area contributed by atoms with E-state index < -0.39 is 0 Å². The van der Waals surface area contributed by atoms with Gasteiger partial charge in [0.05, 0.1) is 12.3 Å². The monoisotopic (exact) mass is 202 g/mol. The van der Waals surface area contributed by atoms with Crippen LogP contribution in [0, 0.1) is 6.92 Å². The predicted molar refractivity (Wildman–Crippen MR) is 40.4 cm³/mol. The number of aliphatic hydroxyl groups excluding tert-OH is 1. The largest absolute Gasteiger partial charge is 0.390 e. The van der Waals surface area contributed by atoms with Crippen LogP contribution in [0.4, 0.5) is 0 Å². The topological polar surface area (TPSA) is 46.0 Å². The van der Waals surface area contributed by atoms with Gasteiger partial charge < -0.3 is 5.11 Å². The van der Waals surface area contributed by atoms with E-state index in [-0.39, 0.29) is 6.61 Å². The fraction of sp³-hybridized carbons (Fsp3) is 0.333. The van der Waals surface area contributed by atoms with Crippen molar-refractivity contribution in [3.8, 4) is 0 Å². The molecule has 1 aromatic rings. The van der Waals surface area contributed by atoms with Gasteiger partial charge in [0.1, 0.15) is 10.9 Å². The van der Waals surface area contributed by atoms with Gasteiger partial charge in [-0.2, -0.15) is 0 Å². The van der Waals surface area contributed by atoms with Gasteiger partial charge in [0.25, 0.3) is 0 Å². The lowest BCUT2D eigenvalue weighted by molar-refractivity contribution is 0.275. The SMILES string of the molecule is Cc1c(Br)ncnc1CO. The molecule has 0 aliphatic heterocycles. The van der Waals surface area contributed by atoms with Crippen molar-refractivity contribution in [1.82, 2.24) is 9.97 Å². The van der Waals surface area contributed by atoms with E-state index in [1.807, 2.05) is 6.92 Å². The lowest BCUT2D eigenvalue weighted by Gasteiger charge is -2.00. The summed E-state index contributed by atoms with van der Waals surface area (Å²) in [5.74, 6) is 0. The molecule has 0 saturated carbocycles. The van der Waals surface area contributed by atoms with Gasteiger partial charge in [0.2, 0.25) is 0 Å². The highest BCUT2D eigenvalue weighted by molar-refractivity contribution is 9.10. The Morgan fingerprint density at radius 1 is 1.60 bits per heavy atom. The molecule has 1 heterocycles. The van der Waals surface area contributed by atoms with Gasteiger partial charge in [-0.25, -0.2) is 9.97 Å². The second-order valence-electron chi connectivity index (χ2n) is 1.89. The van der Waals surface area contributed by atoms with Gasteiger partial charge >= 0.3 is 0 Å². The van der Waals surface area contributed by atoms with Crippen molar-refractivity contribution in [2.24, 2.45) is 0 Å². The minimum absolute atomic E-state index is 0.0348. The Morgan fingerprint density at radius 3 is 2.80 bits per heavy atom. The maximum Gasteiger partial charge on any atom is 0.117 e. The number of aliphatic hydroxyl groups is 1. The van der Waals surface area contributed by atoms with Gasteiger partial charge in [0.15, 0.2) is 0 Å². The van der Waals surface area contributed by atoms with E-state index >= 15 is 0 Å². The van der Waals surface area contributed by atoms with Crippen molar-refractivity contribution in [3.05, 3.63) is 22.2 Å². The highest BCUT2D eigenvalue weighted by Gasteiger charge is 2.01. The average Bonchev–Trinajstić information content (AvgIpc) is 1.95. The quantitative estimate of drug-likeness (QED) is 0.693. The number of aromatic nitrogens is 2. The zero-order valence-corrected chi connectivity index (χ0v) is 7.09. The summed E-state index contributed by atoms with van der Waals surface area (Å²) >= 11 is 3.22. The molecular formula is C6H7BrN2O. The Kier molecular flexibility index (Phi) is 2.34. The van der Waals surface area contributed by atoms with Gasteiger partial charge in [-0.3, -0.25) is 0 Å². The summed E-state index contributed by atoms with van der Waals surface area (Å²) in [4.78, 5) is 7.75. The summed E-state index contributed by atoms with van der Waals surface area (Å²) in [6.45, 7) is 1.82. The van der Waals surface area contributed by atoms with Crippen LogP contribution in [0.5, 0.6) is 0 Å². The van der Waals surface area contributed by atoms with Crippen LogP contribution in [0.1, 0.15) is 11.3 Å². The zero-order valence-electron chi connectivity index (χ0n) is 5.50. The molecule has 0 aromatic carbocycles. The third kappa shape index (κ3) is 1.33. The molecule has 1 rings (SSSR count). The maximum atomic E-state index is 8.73. The first kappa shape index (κ1) is 7.63. The molecule has 0 bridgehead atoms. The van der Waals surface area contributed by atoms with Crippen molar-refractivity contribution in [2.75, 3.05) is 0 Å². The van der Waals surface area contributed by atoms with Crippen LogP contribution in [-0.2, 0) is 6.61 Å². The van der Waals surface area contributed by atoms with E-state index in [2.05, 4.69) is 25.9 Å². The predicted octanol–water partition coefficient (Wildman–Crippen LogP) is 1.04. The Bertz CT molecular complexity index is 239. The molecular weight excluding hydrogens is 196 g/mol. The van der Waals surface area contributed by atoms with Gasteiger partial charge in [0, 0.05) is 5.56 Å². The van der Waals surface area contributed by atoms with E-state index in [4.69, 9.17) is 5.11 Å². The summed E-state index contributed by atoms with van der Waals surface area (Å²) < 4.78 is 0.742. The van der Waals surface area contributed by atoms with E-state index in [0.717, 1.165) is 10.2 Å². The molecule has 0 fully saturated rings. The molecule has 10 heavy (non-hydrogen) atoms. The number of hydrogen-bond acceptors (Lipinski definition) is 3. The van der Waals surface area contributed by atoms with Gasteiger partial charge in [-0.15, -0.1) is 0 Å². The van der Waals surface area contributed by atoms with Gasteiger partial charge in [-0.1, -0.05) is 0 Å². The Morgan fingerprint density at radius 2 is 2.30 bits per heavy atom. The zero-order chi connectivity index (χ0) is 7.56. The number of nitrogens with zero attached hydrogens (tertiary/aromatic N) is 2. The number of halogens is 1. The van der Waals surface area contributed by atoms with Crippen molar-refractivity contribution < 1.29 is 5.11 Å². The van der Waals surface area contributed by atoms with E-state index in [1.54, 1.807) is 0 Å². The second kappa shape index (κ2) is 3.07. The Balaban J connectivity index is 3.14. The van der Waals surface area contributed by atoms with Crippen molar-refractivity contribution >= 4 is 15.9 Å². The van der Waals surface area contributed by atoms with E-state index in [9.17, 15) is 0 Å². The third-order valence-corrected chi connectivity index (χ3v) is 2.08. The smallest absolute Gasteiger partial charge is 0.117 e. The van der Waals surface area contributed by atoms with Crippen LogP contribution in [0.15, 0.2) is 10.9 Å². The van der Waals surface area contributed by atoms with Crippen LogP contribution in [-0.4, -0.2) is 15.1 Å². The Hall–Kier alpha value is -0.480. The second-order valence-corrected chi connectivity index (χ2v) is 2.65. The van der Waals surface area contributed by atoms with Crippen molar-refractivity contribution in [3.63, 3.8) is 0 Å². The number of rotatable bonds is 1. The molecule has 1 N–H and O–H groups in total. The molecule has 0 radical (unpaired) electrons. The minimum Gasteiger partial charge on any atom is -0.390 e. The lowest BCUT2D eigenvalue weighted by Crippen LogP contribution is -1.95. The molecule has 4 heteroatoms. The standard InChI is InChI=1S/C6H7BrN2O/c1-4-5(2-10)8-3-9-6(4)7/h3,10H,2H2,1H3. The first-order valence-corrected chi connectivity index (χ1v) is 3.62. The molecule has 54 valence electrons. The molecule has 3 nitrogen and oxygen atoms in total. The van der Waals surface area contributed by atoms with Gasteiger partial charge in [-0.05, 0) is 22.9 Å². The van der Waals surface area contributed by atoms with Crippen molar-refractivity contribution in [1.29, 1.82) is 0 Å². The molecule has 0 aliphatic carbocycles. The van der Waals surface area contributed by atoms with Crippen LogP contribution >= 0.6 is 15.9 Å². The molecule has 0 atom stereocenters. The average molecular weight is 203 g/mol. The minimum atomic E-state index is -0.0348. The summed E-state index contributed by atoms with van der Waals surface area (Å²) in [7, 11) is 0. The third-order valence-electron chi connectivity index (χ3n) is 1.28. The van der Waals surface area contributed by atoms with Crippen molar-refractivity contribution in [2.45, 2.75) is 13.5 Å². The first-order valence-electron chi connectivity index (χ1n) is 2.82. The van der Waals surface area contributed by atoms with Crippen LogP contribution < -0.4 is 0 Å². The highest BCUT2D eigenvalue weighted by Crippen LogP contribution is 2.13. The van der Waals surface area contributed by atoms with E-state index in [0.29, 0.717) is 5.69 Å². The van der Waals surface area contributed by atoms with Crippen LogP contribution in [0.3, 0.4) is 0 Å². The molecule has 1 aromatic heterocycles. The molecule has 0 unspecified atom stereocenters. The molecule has 0 spiro atoms. The highest BCUT2D eigenvalue weighted by atomic mass is 79.9. The molecule has 0 aliphatic rings. The summed E-state index contributed by atoms with van der Waals surface area (Å²) in [5.41, 5.74) is 1.56. The first-order chi connectivity index (χ1) is 4.75. The van der Waals surface area contributed by atoms with Crippen LogP contribution in [0.2, 0.25) is 0 Å².